The normalized spacial score (nSPS) is 14.9. The Balaban J connectivity index is 0. The monoisotopic (exact) mass is 203 g/mol. The van der Waals surface area contributed by atoms with Crippen molar-refractivity contribution < 1.29 is 32.7 Å². The third kappa shape index (κ3) is 3.93. The third-order valence-corrected chi connectivity index (χ3v) is 1.02. The van der Waals surface area contributed by atoms with Crippen molar-refractivity contribution in [2.75, 3.05) is 20.8 Å². The molecular weight excluding hydrogens is 189 g/mol. The Bertz CT molecular complexity index is 83.1. The van der Waals surface area contributed by atoms with Crippen LogP contribution in [-0.4, -0.2) is 30.6 Å². The van der Waals surface area contributed by atoms with Gasteiger partial charge in [0.2, 0.25) is 0 Å². The van der Waals surface area contributed by atoms with E-state index in [1.54, 1.807) is 0 Å². The van der Waals surface area contributed by atoms with E-state index in [2.05, 4.69) is 36.3 Å². The van der Waals surface area contributed by atoms with Gasteiger partial charge in [0.25, 0.3) is 0 Å². The summed E-state index contributed by atoms with van der Waals surface area (Å²) >= 11 is 0. The van der Waals surface area contributed by atoms with E-state index in [-0.39, 0.29) is 40.1 Å². The Labute approximate surface area is 82.8 Å². The van der Waals surface area contributed by atoms with Gasteiger partial charge in [0.15, 0.2) is 0 Å². The van der Waals surface area contributed by atoms with Crippen LogP contribution in [0.4, 0.5) is 0 Å². The quantitative estimate of drug-likeness (QED) is 0.577. The second-order valence-corrected chi connectivity index (χ2v) is 1.95. The fraction of sp³-hybridized carbons (Fsp3) is 0.667. The minimum Gasteiger partial charge on any atom is -0.362 e. The molecule has 3 heteroatoms. The summed E-state index contributed by atoms with van der Waals surface area (Å²) in [4.78, 5) is 4.25. The van der Waals surface area contributed by atoms with Crippen molar-refractivity contribution in [1.29, 1.82) is 0 Å². The molecular formula is C6H14N2Y. The first-order chi connectivity index (χ1) is 3.29. The molecule has 1 rings (SSSR count). The van der Waals surface area contributed by atoms with E-state index < -0.39 is 0 Å². The van der Waals surface area contributed by atoms with Crippen molar-refractivity contribution in [3.8, 4) is 0 Å². The van der Waals surface area contributed by atoms with Crippen molar-refractivity contribution in [2.24, 2.45) is 0 Å². The zero-order valence-electron chi connectivity index (χ0n) is 5.33. The number of nitrogens with zero attached hydrogens (tertiary/aromatic N) is 2. The van der Waals surface area contributed by atoms with E-state index in [0.717, 1.165) is 6.67 Å². The molecule has 0 aliphatic carbocycles. The van der Waals surface area contributed by atoms with Crippen LogP contribution in [-0.2, 0) is 32.7 Å². The van der Waals surface area contributed by atoms with Crippen molar-refractivity contribution in [2.45, 2.75) is 7.43 Å². The molecule has 0 bridgehead atoms. The summed E-state index contributed by atoms with van der Waals surface area (Å²) in [6, 6.07) is 0. The summed E-state index contributed by atoms with van der Waals surface area (Å²) in [5, 5.41) is 0. The predicted molar refractivity (Wildman–Crippen MR) is 36.3 cm³/mol. The van der Waals surface area contributed by atoms with Gasteiger partial charge in [-0.15, -0.1) is 0 Å². The molecule has 0 N–H and O–H groups in total. The minimum absolute atomic E-state index is 0. The maximum atomic E-state index is 2.12. The van der Waals surface area contributed by atoms with Crippen LogP contribution in [0.5, 0.6) is 0 Å². The Kier molecular flexibility index (Phi) is 7.08. The fourth-order valence-corrected chi connectivity index (χ4v) is 0.674. The van der Waals surface area contributed by atoms with Crippen molar-refractivity contribution in [3.63, 3.8) is 0 Å². The van der Waals surface area contributed by atoms with Gasteiger partial charge in [-0.25, -0.2) is 0 Å². The molecule has 0 unspecified atom stereocenters. The van der Waals surface area contributed by atoms with E-state index in [0.29, 0.717) is 0 Å². The van der Waals surface area contributed by atoms with Crippen molar-refractivity contribution in [1.82, 2.24) is 9.80 Å². The molecule has 1 radical (unpaired) electrons. The fourth-order valence-electron chi connectivity index (χ4n) is 0.674. The van der Waals surface area contributed by atoms with Gasteiger partial charge in [0.1, 0.15) is 0 Å². The predicted octanol–water partition coefficient (Wildman–Crippen LogP) is 0.926. The molecule has 2 nitrogen and oxygen atoms in total. The van der Waals surface area contributed by atoms with Gasteiger partial charge < -0.3 is 9.80 Å². The molecule has 0 aromatic carbocycles. The largest absolute Gasteiger partial charge is 0.362 e. The molecule has 51 valence electrons. The Morgan fingerprint density at radius 3 is 1.56 bits per heavy atom. The van der Waals surface area contributed by atoms with Gasteiger partial charge in [0, 0.05) is 59.2 Å². The van der Waals surface area contributed by atoms with Crippen LogP contribution in [0, 0.1) is 0 Å². The van der Waals surface area contributed by atoms with Crippen LogP contribution in [0.3, 0.4) is 0 Å². The number of hydrogen-bond acceptors (Lipinski definition) is 2. The van der Waals surface area contributed by atoms with Crippen LogP contribution < -0.4 is 0 Å². The first-order valence-corrected chi connectivity index (χ1v) is 2.38. The van der Waals surface area contributed by atoms with E-state index in [1.165, 1.54) is 0 Å². The van der Waals surface area contributed by atoms with Gasteiger partial charge in [-0.2, -0.15) is 0 Å². The van der Waals surface area contributed by atoms with Gasteiger partial charge in [-0.1, -0.05) is 7.43 Å². The molecule has 0 saturated heterocycles. The number of hydrogen-bond donors (Lipinski definition) is 0. The molecule has 0 fully saturated rings. The van der Waals surface area contributed by atoms with Crippen LogP contribution in [0.2, 0.25) is 0 Å². The zero-order valence-corrected chi connectivity index (χ0v) is 8.17. The summed E-state index contributed by atoms with van der Waals surface area (Å²) in [6.45, 7) is 1.03. The maximum absolute atomic E-state index is 2.12. The van der Waals surface area contributed by atoms with E-state index in [1.807, 2.05) is 0 Å². The van der Waals surface area contributed by atoms with E-state index in [9.17, 15) is 0 Å². The smallest absolute Gasteiger partial charge is 0.0887 e. The number of rotatable bonds is 0. The molecule has 0 spiro atoms. The first-order valence-electron chi connectivity index (χ1n) is 2.38. The van der Waals surface area contributed by atoms with Crippen LogP contribution >= 0.6 is 0 Å². The van der Waals surface area contributed by atoms with Crippen LogP contribution in [0.15, 0.2) is 12.4 Å². The topological polar surface area (TPSA) is 6.48 Å². The van der Waals surface area contributed by atoms with Gasteiger partial charge in [-0.3, -0.25) is 0 Å². The second-order valence-electron chi connectivity index (χ2n) is 1.95. The van der Waals surface area contributed by atoms with E-state index in [4.69, 9.17) is 0 Å². The summed E-state index contributed by atoms with van der Waals surface area (Å²) in [5.41, 5.74) is 0. The molecule has 0 saturated carbocycles. The zero-order chi connectivity index (χ0) is 5.28. The summed E-state index contributed by atoms with van der Waals surface area (Å²) in [7, 11) is 4.11. The van der Waals surface area contributed by atoms with Crippen molar-refractivity contribution >= 4 is 0 Å². The minimum atomic E-state index is 0. The Hall–Kier alpha value is 0.444. The average molecular weight is 203 g/mol. The van der Waals surface area contributed by atoms with Crippen LogP contribution in [0.1, 0.15) is 7.43 Å². The average Bonchev–Trinajstić information content (AvgIpc) is 1.87. The molecule has 0 amide bonds. The summed E-state index contributed by atoms with van der Waals surface area (Å²) < 4.78 is 0. The summed E-state index contributed by atoms with van der Waals surface area (Å²) in [6.07, 6.45) is 4.11. The molecule has 0 atom stereocenters. The molecule has 1 aliphatic heterocycles. The molecule has 1 heterocycles. The summed E-state index contributed by atoms with van der Waals surface area (Å²) in [5.74, 6) is 0. The van der Waals surface area contributed by atoms with Gasteiger partial charge in [0.05, 0.1) is 6.67 Å². The third-order valence-electron chi connectivity index (χ3n) is 1.02. The molecule has 1 aliphatic rings. The van der Waals surface area contributed by atoms with Gasteiger partial charge >= 0.3 is 0 Å². The Morgan fingerprint density at radius 2 is 1.44 bits per heavy atom. The SMILES string of the molecule is C.CN1C=CN(C)C1.[Y]. The van der Waals surface area contributed by atoms with Crippen LogP contribution in [0.25, 0.3) is 0 Å². The van der Waals surface area contributed by atoms with Crippen molar-refractivity contribution in [3.05, 3.63) is 12.4 Å². The first kappa shape index (κ1) is 12.2. The molecule has 0 aromatic heterocycles. The Morgan fingerprint density at radius 1 is 1.11 bits per heavy atom. The second kappa shape index (κ2) is 5.25. The molecule has 9 heavy (non-hydrogen) atoms. The standard InChI is InChI=1S/C5H10N2.CH4.Y/c1-6-3-4-7(2)5-6;;/h3-4H,5H2,1-2H3;1H4;. The molecule has 0 aromatic rings. The van der Waals surface area contributed by atoms with E-state index >= 15 is 0 Å². The maximum Gasteiger partial charge on any atom is 0.0887 e. The van der Waals surface area contributed by atoms with Gasteiger partial charge in [-0.05, 0) is 0 Å².